The average molecular weight is 479 g/mol. The molecule has 2 atom stereocenters. The largest absolute Gasteiger partial charge is 0.481 e. The number of aliphatic carboxylic acids is 1. The Labute approximate surface area is 206 Å². The summed E-state index contributed by atoms with van der Waals surface area (Å²) in [7, 11) is 0. The summed E-state index contributed by atoms with van der Waals surface area (Å²) in [6.45, 7) is 0.797. The van der Waals surface area contributed by atoms with Gasteiger partial charge in [-0.2, -0.15) is 0 Å². The molecule has 7 nitrogen and oxygen atoms in total. The number of ether oxygens (including phenoxy) is 1. The topological polar surface area (TPSA) is 105 Å². The molecular formula is C28H34N2O5. The van der Waals surface area contributed by atoms with Crippen LogP contribution < -0.4 is 10.6 Å². The Bertz CT molecular complexity index is 1010. The van der Waals surface area contributed by atoms with Crippen molar-refractivity contribution in [3.8, 4) is 11.1 Å². The van der Waals surface area contributed by atoms with E-state index < -0.39 is 12.1 Å². The van der Waals surface area contributed by atoms with Crippen LogP contribution in [0.5, 0.6) is 0 Å². The van der Waals surface area contributed by atoms with Gasteiger partial charge in [-0.15, -0.1) is 0 Å². The zero-order valence-corrected chi connectivity index (χ0v) is 20.0. The molecule has 35 heavy (non-hydrogen) atoms. The van der Waals surface area contributed by atoms with Crippen LogP contribution in [0, 0.1) is 5.92 Å². The standard InChI is InChI=1S/C28H34N2O5/c31-26(30-20-10-8-9-19(17-20)27(32)33)15-2-1-7-16-29-28(34)35-18-25-23-13-5-3-11-21(23)22-12-4-6-14-24(22)25/h3-6,11-14,19-20,25H,1-2,7-10,15-18H2,(H,29,34)(H,30,31)(H,32,33). The number of unbranched alkanes of at least 4 members (excludes halogenated alkanes) is 2. The molecule has 0 aromatic heterocycles. The van der Waals surface area contributed by atoms with Gasteiger partial charge in [-0.3, -0.25) is 9.59 Å². The van der Waals surface area contributed by atoms with Gasteiger partial charge in [0.15, 0.2) is 0 Å². The molecule has 2 unspecified atom stereocenters. The first kappa shape index (κ1) is 24.8. The fraction of sp³-hybridized carbons (Fsp3) is 0.464. The molecule has 0 radical (unpaired) electrons. The van der Waals surface area contributed by atoms with Gasteiger partial charge in [0.25, 0.3) is 0 Å². The van der Waals surface area contributed by atoms with Gasteiger partial charge in [0.1, 0.15) is 6.61 Å². The van der Waals surface area contributed by atoms with Crippen LogP contribution in [0.3, 0.4) is 0 Å². The van der Waals surface area contributed by atoms with Gasteiger partial charge < -0.3 is 20.5 Å². The molecule has 3 N–H and O–H groups in total. The number of benzene rings is 2. The van der Waals surface area contributed by atoms with Crippen LogP contribution >= 0.6 is 0 Å². The van der Waals surface area contributed by atoms with Crippen molar-refractivity contribution in [2.75, 3.05) is 13.2 Å². The molecule has 2 aromatic carbocycles. The van der Waals surface area contributed by atoms with Gasteiger partial charge in [0, 0.05) is 24.9 Å². The number of nitrogens with one attached hydrogen (secondary N) is 2. The highest BCUT2D eigenvalue weighted by atomic mass is 16.5. The minimum atomic E-state index is -0.771. The maximum Gasteiger partial charge on any atom is 0.407 e. The van der Waals surface area contributed by atoms with Crippen LogP contribution in [0.25, 0.3) is 11.1 Å². The van der Waals surface area contributed by atoms with E-state index >= 15 is 0 Å². The highest BCUT2D eigenvalue weighted by Crippen LogP contribution is 2.44. The molecule has 0 saturated heterocycles. The Balaban J connectivity index is 1.10. The number of carbonyl (C=O) groups is 3. The van der Waals surface area contributed by atoms with Gasteiger partial charge in [-0.25, -0.2) is 4.79 Å². The molecule has 186 valence electrons. The molecule has 0 spiro atoms. The molecule has 0 heterocycles. The zero-order chi connectivity index (χ0) is 24.6. The quantitative estimate of drug-likeness (QED) is 0.424. The minimum Gasteiger partial charge on any atom is -0.481 e. The number of alkyl carbamates (subject to hydrolysis) is 1. The summed E-state index contributed by atoms with van der Waals surface area (Å²) in [5, 5.41) is 15.0. The molecule has 0 aliphatic heterocycles. The van der Waals surface area contributed by atoms with Gasteiger partial charge >= 0.3 is 12.1 Å². The summed E-state index contributed by atoms with van der Waals surface area (Å²) in [5.41, 5.74) is 4.77. The minimum absolute atomic E-state index is 0.0227. The number of hydrogen-bond donors (Lipinski definition) is 3. The maximum absolute atomic E-state index is 12.2. The van der Waals surface area contributed by atoms with E-state index in [2.05, 4.69) is 34.9 Å². The third-order valence-electron chi connectivity index (χ3n) is 7.08. The van der Waals surface area contributed by atoms with Gasteiger partial charge in [0.05, 0.1) is 5.92 Å². The fourth-order valence-corrected chi connectivity index (χ4v) is 5.27. The number of amides is 2. The van der Waals surface area contributed by atoms with Crippen molar-refractivity contribution in [2.45, 2.75) is 63.3 Å². The Kier molecular flexibility index (Phi) is 8.40. The molecule has 2 amide bonds. The van der Waals surface area contributed by atoms with Gasteiger partial charge in [0.2, 0.25) is 5.91 Å². The maximum atomic E-state index is 12.2. The third-order valence-corrected chi connectivity index (χ3v) is 7.08. The van der Waals surface area contributed by atoms with Crippen LogP contribution in [0.4, 0.5) is 4.79 Å². The molecule has 7 heteroatoms. The lowest BCUT2D eigenvalue weighted by Crippen LogP contribution is -2.39. The highest BCUT2D eigenvalue weighted by molar-refractivity contribution is 5.79. The van der Waals surface area contributed by atoms with Crippen molar-refractivity contribution in [3.63, 3.8) is 0 Å². The Morgan fingerprint density at radius 2 is 1.60 bits per heavy atom. The molecular weight excluding hydrogens is 444 g/mol. The van der Waals surface area contributed by atoms with E-state index in [0.717, 1.165) is 32.1 Å². The molecule has 2 aliphatic carbocycles. The second kappa shape index (κ2) is 11.9. The summed E-state index contributed by atoms with van der Waals surface area (Å²) in [4.78, 5) is 35.5. The van der Waals surface area contributed by atoms with E-state index in [1.54, 1.807) is 0 Å². The number of rotatable bonds is 10. The van der Waals surface area contributed by atoms with Crippen LogP contribution in [0.15, 0.2) is 48.5 Å². The van der Waals surface area contributed by atoms with Crippen LogP contribution in [-0.2, 0) is 14.3 Å². The lowest BCUT2D eigenvalue weighted by molar-refractivity contribution is -0.143. The van der Waals surface area contributed by atoms with Crippen LogP contribution in [0.1, 0.15) is 68.4 Å². The molecule has 1 fully saturated rings. The molecule has 2 aliphatic rings. The second-order valence-electron chi connectivity index (χ2n) is 9.53. The van der Waals surface area contributed by atoms with E-state index in [4.69, 9.17) is 9.84 Å². The van der Waals surface area contributed by atoms with Crippen molar-refractivity contribution >= 4 is 18.0 Å². The van der Waals surface area contributed by atoms with Crippen LogP contribution in [-0.4, -0.2) is 42.3 Å². The lowest BCUT2D eigenvalue weighted by Gasteiger charge is -2.27. The first-order chi connectivity index (χ1) is 17.0. The molecule has 1 saturated carbocycles. The smallest absolute Gasteiger partial charge is 0.407 e. The van der Waals surface area contributed by atoms with Crippen LogP contribution in [0.2, 0.25) is 0 Å². The summed E-state index contributed by atoms with van der Waals surface area (Å²) < 4.78 is 5.54. The first-order valence-corrected chi connectivity index (χ1v) is 12.6. The number of carboxylic acid groups (broad SMARTS) is 1. The fourth-order valence-electron chi connectivity index (χ4n) is 5.27. The average Bonchev–Trinajstić information content (AvgIpc) is 3.18. The highest BCUT2D eigenvalue weighted by Gasteiger charge is 2.29. The third kappa shape index (κ3) is 6.41. The molecule has 2 aromatic rings. The van der Waals surface area contributed by atoms with Gasteiger partial charge in [-0.1, -0.05) is 61.4 Å². The van der Waals surface area contributed by atoms with Crippen molar-refractivity contribution in [2.24, 2.45) is 5.92 Å². The molecule has 0 bridgehead atoms. The van der Waals surface area contributed by atoms with E-state index in [0.29, 0.717) is 32.4 Å². The summed E-state index contributed by atoms with van der Waals surface area (Å²) in [6.07, 6.45) is 5.20. The van der Waals surface area contributed by atoms with E-state index in [-0.39, 0.29) is 23.8 Å². The van der Waals surface area contributed by atoms with E-state index in [9.17, 15) is 14.4 Å². The van der Waals surface area contributed by atoms with Gasteiger partial charge in [-0.05, 0) is 54.4 Å². The zero-order valence-electron chi connectivity index (χ0n) is 20.0. The summed E-state index contributed by atoms with van der Waals surface area (Å²) >= 11 is 0. The number of hydrogen-bond acceptors (Lipinski definition) is 4. The summed E-state index contributed by atoms with van der Waals surface area (Å²) in [6, 6.07) is 16.5. The van der Waals surface area contributed by atoms with Crippen molar-refractivity contribution in [3.05, 3.63) is 59.7 Å². The Hall–Kier alpha value is -3.35. The normalized spacial score (nSPS) is 18.9. The van der Waals surface area contributed by atoms with Crippen molar-refractivity contribution in [1.29, 1.82) is 0 Å². The predicted octanol–water partition coefficient (Wildman–Crippen LogP) is 4.85. The van der Waals surface area contributed by atoms with Crippen molar-refractivity contribution < 1.29 is 24.2 Å². The number of fused-ring (bicyclic) bond motifs is 3. The van der Waals surface area contributed by atoms with E-state index in [1.807, 2.05) is 24.3 Å². The van der Waals surface area contributed by atoms with E-state index in [1.165, 1.54) is 22.3 Å². The molecule has 4 rings (SSSR count). The number of carboxylic acids is 1. The lowest BCUT2D eigenvalue weighted by atomic mass is 9.86. The van der Waals surface area contributed by atoms with Crippen molar-refractivity contribution in [1.82, 2.24) is 10.6 Å². The number of carbonyl (C=O) groups excluding carboxylic acids is 2. The predicted molar refractivity (Wildman–Crippen MR) is 133 cm³/mol. The second-order valence-corrected chi connectivity index (χ2v) is 9.53. The SMILES string of the molecule is O=C(CCCCCNC(=O)OCC1c2ccccc2-c2ccccc21)NC1CCCC(C(=O)O)C1. The Morgan fingerprint density at radius 3 is 2.29 bits per heavy atom. The first-order valence-electron chi connectivity index (χ1n) is 12.6. The monoisotopic (exact) mass is 478 g/mol. The Morgan fingerprint density at radius 1 is 0.914 bits per heavy atom. The summed E-state index contributed by atoms with van der Waals surface area (Å²) in [5.74, 6) is -1.10.